The maximum absolute atomic E-state index is 13.6. The van der Waals surface area contributed by atoms with E-state index in [4.69, 9.17) is 0 Å². The summed E-state index contributed by atoms with van der Waals surface area (Å²) in [6, 6.07) is 5.64. The third-order valence-corrected chi connectivity index (χ3v) is 4.70. The number of benzene rings is 1. The van der Waals surface area contributed by atoms with Crippen molar-refractivity contribution in [3.63, 3.8) is 0 Å². The SMILES string of the molecule is Fc1cccc2c1[C@@H]1[C@H]3CC[C@H](C3)[C@H]21. The molecule has 0 spiro atoms. The van der Waals surface area contributed by atoms with Gasteiger partial charge in [0.05, 0.1) is 0 Å². The van der Waals surface area contributed by atoms with Crippen LogP contribution in [-0.4, -0.2) is 0 Å². The van der Waals surface area contributed by atoms with Crippen LogP contribution in [0.5, 0.6) is 0 Å². The molecule has 1 aromatic carbocycles. The molecular weight excluding hydrogens is 175 g/mol. The van der Waals surface area contributed by atoms with Crippen LogP contribution in [0.1, 0.15) is 42.2 Å². The number of rotatable bonds is 0. The molecule has 0 unspecified atom stereocenters. The molecule has 4 rings (SSSR count). The van der Waals surface area contributed by atoms with Crippen LogP contribution in [0.2, 0.25) is 0 Å². The fraction of sp³-hybridized carbons (Fsp3) is 0.538. The van der Waals surface area contributed by atoms with E-state index in [1.807, 2.05) is 6.07 Å². The van der Waals surface area contributed by atoms with Gasteiger partial charge >= 0.3 is 0 Å². The maximum Gasteiger partial charge on any atom is 0.126 e. The summed E-state index contributed by atoms with van der Waals surface area (Å²) < 4.78 is 13.6. The summed E-state index contributed by atoms with van der Waals surface area (Å²) in [5.41, 5.74) is 2.41. The maximum atomic E-state index is 13.6. The third-order valence-electron chi connectivity index (χ3n) is 4.70. The number of fused-ring (bicyclic) bond motifs is 8. The zero-order chi connectivity index (χ0) is 9.28. The molecule has 0 nitrogen and oxygen atoms in total. The number of hydrogen-bond donors (Lipinski definition) is 0. The lowest BCUT2D eigenvalue weighted by atomic mass is 9.61. The monoisotopic (exact) mass is 188 g/mol. The van der Waals surface area contributed by atoms with Crippen molar-refractivity contribution in [2.45, 2.75) is 31.1 Å². The standard InChI is InChI=1S/C13H13F/c14-10-3-1-2-9-11-7-4-5-8(6-7)12(11)13(9)10/h1-3,7-8,11-12H,4-6H2/t7-,8+,11-,12-/m1/s1. The third kappa shape index (κ3) is 0.647. The van der Waals surface area contributed by atoms with Crippen LogP contribution in [0, 0.1) is 17.7 Å². The van der Waals surface area contributed by atoms with E-state index in [1.54, 1.807) is 6.07 Å². The van der Waals surface area contributed by atoms with Gasteiger partial charge in [0.1, 0.15) is 5.82 Å². The molecule has 14 heavy (non-hydrogen) atoms. The molecule has 3 aliphatic rings. The average molecular weight is 188 g/mol. The van der Waals surface area contributed by atoms with E-state index < -0.39 is 0 Å². The highest BCUT2D eigenvalue weighted by Crippen LogP contribution is 2.67. The lowest BCUT2D eigenvalue weighted by molar-refractivity contribution is 0.311. The molecule has 2 fully saturated rings. The first-order valence-electron chi connectivity index (χ1n) is 5.64. The van der Waals surface area contributed by atoms with E-state index in [0.29, 0.717) is 5.92 Å². The Balaban J connectivity index is 1.91. The first-order valence-corrected chi connectivity index (χ1v) is 5.64. The fourth-order valence-electron chi connectivity index (χ4n) is 4.25. The predicted octanol–water partition coefficient (Wildman–Crippen LogP) is 3.44. The highest BCUT2D eigenvalue weighted by atomic mass is 19.1. The average Bonchev–Trinajstić information content (AvgIpc) is 2.68. The summed E-state index contributed by atoms with van der Waals surface area (Å²) in [5, 5.41) is 0. The topological polar surface area (TPSA) is 0 Å². The zero-order valence-corrected chi connectivity index (χ0v) is 8.04. The Hall–Kier alpha value is -0.850. The molecule has 0 amide bonds. The molecule has 2 bridgehead atoms. The minimum Gasteiger partial charge on any atom is -0.207 e. The summed E-state index contributed by atoms with van der Waals surface area (Å²) >= 11 is 0. The Morgan fingerprint density at radius 2 is 1.86 bits per heavy atom. The second-order valence-electron chi connectivity index (χ2n) is 5.13. The van der Waals surface area contributed by atoms with Gasteiger partial charge in [-0.3, -0.25) is 0 Å². The van der Waals surface area contributed by atoms with Crippen molar-refractivity contribution in [1.82, 2.24) is 0 Å². The smallest absolute Gasteiger partial charge is 0.126 e. The number of halogens is 1. The van der Waals surface area contributed by atoms with E-state index in [0.717, 1.165) is 23.3 Å². The molecule has 0 heterocycles. The largest absolute Gasteiger partial charge is 0.207 e. The van der Waals surface area contributed by atoms with Crippen molar-refractivity contribution in [2.24, 2.45) is 11.8 Å². The van der Waals surface area contributed by atoms with E-state index in [-0.39, 0.29) is 5.82 Å². The van der Waals surface area contributed by atoms with Crippen LogP contribution >= 0.6 is 0 Å². The van der Waals surface area contributed by atoms with Gasteiger partial charge in [0.25, 0.3) is 0 Å². The number of hydrogen-bond acceptors (Lipinski definition) is 0. The lowest BCUT2D eigenvalue weighted by Gasteiger charge is -2.42. The summed E-state index contributed by atoms with van der Waals surface area (Å²) in [7, 11) is 0. The molecule has 0 N–H and O–H groups in total. The Kier molecular flexibility index (Phi) is 1.17. The normalized spacial score (nSPS) is 41.8. The van der Waals surface area contributed by atoms with Gasteiger partial charge in [-0.15, -0.1) is 0 Å². The van der Waals surface area contributed by atoms with E-state index in [9.17, 15) is 4.39 Å². The van der Waals surface area contributed by atoms with Gasteiger partial charge in [0.15, 0.2) is 0 Å². The molecule has 1 aromatic rings. The van der Waals surface area contributed by atoms with Crippen molar-refractivity contribution < 1.29 is 4.39 Å². The fourth-order valence-corrected chi connectivity index (χ4v) is 4.25. The van der Waals surface area contributed by atoms with Gasteiger partial charge in [-0.2, -0.15) is 0 Å². The van der Waals surface area contributed by atoms with E-state index in [1.165, 1.54) is 24.8 Å². The van der Waals surface area contributed by atoms with E-state index in [2.05, 4.69) is 6.07 Å². The second-order valence-corrected chi connectivity index (χ2v) is 5.13. The minimum absolute atomic E-state index is 0.0521. The molecule has 3 aliphatic carbocycles. The Labute approximate surface area is 83.1 Å². The molecule has 72 valence electrons. The molecular formula is C13H13F. The predicted molar refractivity (Wildman–Crippen MR) is 52.7 cm³/mol. The van der Waals surface area contributed by atoms with Crippen molar-refractivity contribution in [1.29, 1.82) is 0 Å². The Morgan fingerprint density at radius 1 is 1.07 bits per heavy atom. The summed E-state index contributed by atoms with van der Waals surface area (Å²) in [5.74, 6) is 3.09. The Bertz CT molecular complexity index is 410. The summed E-state index contributed by atoms with van der Waals surface area (Å²) in [6.07, 6.45) is 4.10. The van der Waals surface area contributed by atoms with Gasteiger partial charge in [0.2, 0.25) is 0 Å². The van der Waals surface area contributed by atoms with Gasteiger partial charge in [0, 0.05) is 0 Å². The van der Waals surface area contributed by atoms with Crippen LogP contribution in [0.15, 0.2) is 18.2 Å². The van der Waals surface area contributed by atoms with Gasteiger partial charge < -0.3 is 0 Å². The van der Waals surface area contributed by atoms with Crippen molar-refractivity contribution in [2.75, 3.05) is 0 Å². The van der Waals surface area contributed by atoms with Crippen LogP contribution in [0.4, 0.5) is 4.39 Å². The lowest BCUT2D eigenvalue weighted by Crippen LogP contribution is -2.30. The van der Waals surface area contributed by atoms with Crippen LogP contribution in [0.3, 0.4) is 0 Å². The van der Waals surface area contributed by atoms with Gasteiger partial charge in [-0.1, -0.05) is 12.1 Å². The first-order chi connectivity index (χ1) is 6.86. The highest BCUT2D eigenvalue weighted by Gasteiger charge is 2.56. The molecule has 1 heteroatoms. The second kappa shape index (κ2) is 2.21. The van der Waals surface area contributed by atoms with Crippen LogP contribution < -0.4 is 0 Å². The minimum atomic E-state index is 0.0521. The summed E-state index contributed by atoms with van der Waals surface area (Å²) in [6.45, 7) is 0. The van der Waals surface area contributed by atoms with Gasteiger partial charge in [-0.05, 0) is 60.1 Å². The molecule has 2 saturated carbocycles. The molecule has 0 aliphatic heterocycles. The van der Waals surface area contributed by atoms with Crippen LogP contribution in [-0.2, 0) is 0 Å². The van der Waals surface area contributed by atoms with E-state index >= 15 is 0 Å². The molecule has 0 saturated heterocycles. The van der Waals surface area contributed by atoms with Crippen molar-refractivity contribution in [3.05, 3.63) is 35.1 Å². The van der Waals surface area contributed by atoms with Gasteiger partial charge in [-0.25, -0.2) is 4.39 Å². The molecule has 0 radical (unpaired) electrons. The van der Waals surface area contributed by atoms with Crippen LogP contribution in [0.25, 0.3) is 0 Å². The van der Waals surface area contributed by atoms with Crippen molar-refractivity contribution >= 4 is 0 Å². The molecule has 4 atom stereocenters. The molecule has 0 aromatic heterocycles. The van der Waals surface area contributed by atoms with Crippen molar-refractivity contribution in [3.8, 4) is 0 Å². The Morgan fingerprint density at radius 3 is 2.71 bits per heavy atom. The first kappa shape index (κ1) is 7.44. The highest BCUT2D eigenvalue weighted by molar-refractivity contribution is 5.49. The quantitative estimate of drug-likeness (QED) is 0.585. The summed E-state index contributed by atoms with van der Waals surface area (Å²) in [4.78, 5) is 0. The zero-order valence-electron chi connectivity index (χ0n) is 8.04.